The zero-order valence-corrected chi connectivity index (χ0v) is 22.3. The van der Waals surface area contributed by atoms with Crippen LogP contribution in [0.3, 0.4) is 0 Å². The number of aliphatic hydroxyl groups excluding tert-OH is 1. The van der Waals surface area contributed by atoms with Gasteiger partial charge < -0.3 is 9.84 Å². The summed E-state index contributed by atoms with van der Waals surface area (Å²) in [6, 6.07) is 2.65. The number of imidazole rings is 1. The van der Waals surface area contributed by atoms with Crippen molar-refractivity contribution in [2.24, 2.45) is 0 Å². The lowest BCUT2D eigenvalue weighted by Crippen LogP contribution is -2.30. The van der Waals surface area contributed by atoms with E-state index in [0.717, 1.165) is 43.3 Å². The van der Waals surface area contributed by atoms with E-state index in [1.165, 1.54) is 29.6 Å². The summed E-state index contributed by atoms with van der Waals surface area (Å²) in [5.74, 6) is -0.489. The predicted octanol–water partition coefficient (Wildman–Crippen LogP) is 4.56. The number of hydrogen-bond donors (Lipinski definition) is 1. The minimum atomic E-state index is -0.821. The topological polar surface area (TPSA) is 80.7 Å². The lowest BCUT2D eigenvalue weighted by molar-refractivity contribution is 0.000893. The third-order valence-electron chi connectivity index (χ3n) is 6.73. The van der Waals surface area contributed by atoms with Gasteiger partial charge in [0.25, 0.3) is 0 Å². The lowest BCUT2D eigenvalue weighted by atomic mass is 10.2. The van der Waals surface area contributed by atoms with Crippen molar-refractivity contribution in [2.45, 2.75) is 38.6 Å². The Morgan fingerprint density at radius 3 is 2.54 bits per heavy atom. The van der Waals surface area contributed by atoms with Crippen LogP contribution in [0, 0.1) is 11.6 Å². The molecule has 0 aliphatic carbocycles. The van der Waals surface area contributed by atoms with Crippen LogP contribution in [0.1, 0.15) is 37.6 Å². The number of nitrogens with zero attached hydrogens (tertiary/aromatic N) is 6. The summed E-state index contributed by atoms with van der Waals surface area (Å²) in [5.41, 5.74) is 2.21. The van der Waals surface area contributed by atoms with Crippen LogP contribution < -0.4 is 0 Å². The van der Waals surface area contributed by atoms with Crippen LogP contribution in [0.15, 0.2) is 30.7 Å². The van der Waals surface area contributed by atoms with Crippen LogP contribution in [-0.4, -0.2) is 78.4 Å². The fourth-order valence-electron chi connectivity index (χ4n) is 4.69. The highest BCUT2D eigenvalue weighted by molar-refractivity contribution is 8.32. The van der Waals surface area contributed by atoms with Gasteiger partial charge in [-0.05, 0) is 37.7 Å². The molecule has 0 saturated carbocycles. The summed E-state index contributed by atoms with van der Waals surface area (Å²) >= 11 is 0. The molecular weight excluding hydrogens is 498 g/mol. The number of pyridine rings is 2. The molecule has 1 N–H and O–H groups in total. The number of aromatic nitrogens is 5. The molecule has 1 atom stereocenters. The maximum Gasteiger partial charge on any atom is 0.173 e. The second-order valence-corrected chi connectivity index (χ2v) is 15.1. The molecule has 11 heteroatoms. The zero-order chi connectivity index (χ0) is 26.2. The van der Waals surface area contributed by atoms with Crippen molar-refractivity contribution in [3.63, 3.8) is 0 Å². The highest BCUT2D eigenvalue weighted by Gasteiger charge is 2.24. The molecule has 5 heterocycles. The summed E-state index contributed by atoms with van der Waals surface area (Å²) in [6.45, 7) is 2.44. The average Bonchev–Trinajstić information content (AvgIpc) is 3.30. The molecule has 0 radical (unpaired) electrons. The number of fused-ring (bicyclic) bond motifs is 2. The average molecular weight is 533 g/mol. The smallest absolute Gasteiger partial charge is 0.173 e. The molecule has 0 aromatic carbocycles. The molecule has 1 aliphatic heterocycles. The van der Waals surface area contributed by atoms with Crippen LogP contribution in [0.25, 0.3) is 27.9 Å². The third-order valence-corrected chi connectivity index (χ3v) is 8.12. The van der Waals surface area contributed by atoms with Gasteiger partial charge in [-0.15, -0.1) is 0 Å². The molecule has 1 aliphatic rings. The molecular formula is C26H34F2N6O2S. The predicted molar refractivity (Wildman–Crippen MR) is 143 cm³/mol. The Balaban J connectivity index is 1.54. The van der Waals surface area contributed by atoms with Gasteiger partial charge in [0.15, 0.2) is 17.7 Å². The van der Waals surface area contributed by atoms with Crippen molar-refractivity contribution in [1.82, 2.24) is 29.0 Å². The van der Waals surface area contributed by atoms with Crippen LogP contribution in [0.2, 0.25) is 0 Å². The third kappa shape index (κ3) is 5.64. The molecule has 1 saturated heterocycles. The lowest BCUT2D eigenvalue weighted by Gasteiger charge is -2.25. The Bertz CT molecular complexity index is 1390. The second kappa shape index (κ2) is 10.6. The van der Waals surface area contributed by atoms with Crippen LogP contribution >= 0.6 is 10.0 Å². The molecule has 4 aromatic heterocycles. The van der Waals surface area contributed by atoms with E-state index in [1.807, 2.05) is 6.07 Å². The Hall–Kier alpha value is -2.60. The number of likely N-dealkylation sites (tertiary alicyclic amines) is 1. The molecule has 0 bridgehead atoms. The minimum absolute atomic E-state index is 0.0182. The van der Waals surface area contributed by atoms with Gasteiger partial charge in [-0.25, -0.2) is 28.5 Å². The van der Waals surface area contributed by atoms with Gasteiger partial charge in [0.05, 0.1) is 29.7 Å². The van der Waals surface area contributed by atoms with Crippen LogP contribution in [0.4, 0.5) is 8.78 Å². The normalized spacial score (nSPS) is 16.9. The van der Waals surface area contributed by atoms with E-state index in [-0.39, 0.29) is 12.4 Å². The molecule has 4 aromatic rings. The summed E-state index contributed by atoms with van der Waals surface area (Å²) in [5, 5.41) is 16.6. The van der Waals surface area contributed by atoms with E-state index in [4.69, 9.17) is 9.84 Å². The van der Waals surface area contributed by atoms with Crippen LogP contribution in [0.5, 0.6) is 0 Å². The first kappa shape index (κ1) is 26.0. The van der Waals surface area contributed by atoms with E-state index < -0.39 is 27.9 Å². The number of aliphatic hydroxyl groups is 1. The Morgan fingerprint density at radius 2 is 1.81 bits per heavy atom. The van der Waals surface area contributed by atoms with Crippen molar-refractivity contribution < 1.29 is 18.6 Å². The van der Waals surface area contributed by atoms with Gasteiger partial charge in [-0.3, -0.25) is 14.3 Å². The van der Waals surface area contributed by atoms with Gasteiger partial charge in [0.2, 0.25) is 0 Å². The van der Waals surface area contributed by atoms with Crippen molar-refractivity contribution in [3.05, 3.63) is 48.1 Å². The van der Waals surface area contributed by atoms with Crippen LogP contribution in [-0.2, 0) is 11.5 Å². The van der Waals surface area contributed by atoms with Crippen molar-refractivity contribution in [3.8, 4) is 11.4 Å². The number of ether oxygens (including phenoxy) is 1. The van der Waals surface area contributed by atoms with E-state index in [9.17, 15) is 13.9 Å². The molecule has 0 spiro atoms. The number of hydrogen-bond acceptors (Lipinski definition) is 6. The molecule has 8 nitrogen and oxygen atoms in total. The van der Waals surface area contributed by atoms with Gasteiger partial charge in [0.1, 0.15) is 18.2 Å². The quantitative estimate of drug-likeness (QED) is 0.335. The second-order valence-electron chi connectivity index (χ2n) is 10.5. The van der Waals surface area contributed by atoms with E-state index in [2.05, 4.69) is 33.6 Å². The standard InChI is InChI=1S/C26H34F2N6O2S/c1-37(2,3)11-10-36-17-34-22-13-21(26(35)32-8-6-4-5-7-9-32)29-14-19(22)24(31-34)23-15-30-25-20(28)12-18(27)16-33(23)25/h12-16,26,35H,4-11,17H2,1-3H3. The zero-order valence-electron chi connectivity index (χ0n) is 21.5. The first-order chi connectivity index (χ1) is 17.7. The minimum Gasteiger partial charge on any atom is -0.372 e. The fourth-order valence-corrected chi connectivity index (χ4v) is 5.31. The van der Waals surface area contributed by atoms with E-state index in [1.54, 1.807) is 10.9 Å². The summed E-state index contributed by atoms with van der Waals surface area (Å²) in [6.07, 6.45) is 14.7. The van der Waals surface area contributed by atoms with Gasteiger partial charge in [-0.1, -0.05) is 12.8 Å². The Kier molecular flexibility index (Phi) is 7.49. The molecule has 37 heavy (non-hydrogen) atoms. The van der Waals surface area contributed by atoms with Gasteiger partial charge in [0, 0.05) is 42.7 Å². The molecule has 5 rings (SSSR count). The van der Waals surface area contributed by atoms with Crippen molar-refractivity contribution in [1.29, 1.82) is 0 Å². The van der Waals surface area contributed by atoms with Crippen molar-refractivity contribution in [2.75, 3.05) is 44.2 Å². The monoisotopic (exact) mass is 532 g/mol. The molecule has 200 valence electrons. The Morgan fingerprint density at radius 1 is 1.05 bits per heavy atom. The number of halogens is 2. The maximum atomic E-state index is 14.3. The Labute approximate surface area is 216 Å². The highest BCUT2D eigenvalue weighted by atomic mass is 32.3. The van der Waals surface area contributed by atoms with Gasteiger partial charge >= 0.3 is 0 Å². The van der Waals surface area contributed by atoms with Gasteiger partial charge in [-0.2, -0.15) is 5.10 Å². The summed E-state index contributed by atoms with van der Waals surface area (Å²) in [7, 11) is -0.703. The molecule has 1 unspecified atom stereocenters. The largest absolute Gasteiger partial charge is 0.372 e. The molecule has 1 fully saturated rings. The maximum absolute atomic E-state index is 14.3. The number of rotatable bonds is 8. The molecule has 0 amide bonds. The summed E-state index contributed by atoms with van der Waals surface area (Å²) in [4.78, 5) is 10.8. The van der Waals surface area contributed by atoms with E-state index >= 15 is 0 Å². The van der Waals surface area contributed by atoms with E-state index in [0.29, 0.717) is 29.1 Å². The first-order valence-corrected chi connectivity index (χ1v) is 15.6. The van der Waals surface area contributed by atoms with Crippen molar-refractivity contribution >= 4 is 26.6 Å². The fraction of sp³-hybridized carbons (Fsp3) is 0.500. The SMILES string of the molecule is CS(C)(C)CCOCn1nc(-c2cnc3c(F)cc(F)cn23)c2cnc(C(O)N3CCCCCC3)cc21. The summed E-state index contributed by atoms with van der Waals surface area (Å²) < 4.78 is 37.5. The first-order valence-electron chi connectivity index (χ1n) is 12.6. The highest BCUT2D eigenvalue weighted by Crippen LogP contribution is 2.34.